The van der Waals surface area contributed by atoms with Gasteiger partial charge in [-0.05, 0) is 12.8 Å². The van der Waals surface area contributed by atoms with E-state index in [2.05, 4.69) is 10.6 Å². The zero-order chi connectivity index (χ0) is 17.9. The molecular formula is C12H17F6N3O2. The fourth-order valence-corrected chi connectivity index (χ4v) is 2.27. The van der Waals surface area contributed by atoms with Gasteiger partial charge in [0.05, 0.1) is 0 Å². The molecule has 1 heterocycles. The molecule has 0 radical (unpaired) electrons. The molecule has 3 amide bonds. The van der Waals surface area contributed by atoms with Crippen molar-refractivity contribution in [3.05, 3.63) is 0 Å². The molecule has 1 saturated heterocycles. The maximum Gasteiger partial charge on any atom is 0.404 e. The molecule has 0 saturated carbocycles. The molecule has 0 aromatic rings. The van der Waals surface area contributed by atoms with Gasteiger partial charge in [0.1, 0.15) is 0 Å². The Labute approximate surface area is 128 Å². The van der Waals surface area contributed by atoms with Crippen molar-refractivity contribution in [2.75, 3.05) is 26.2 Å². The summed E-state index contributed by atoms with van der Waals surface area (Å²) >= 11 is 0. The number of carbonyl (C=O) groups excluding carboxylic acids is 2. The van der Waals surface area contributed by atoms with Crippen molar-refractivity contribution < 1.29 is 35.9 Å². The summed E-state index contributed by atoms with van der Waals surface area (Å²) in [6.07, 6.45) is -11.9. The Hall–Kier alpha value is -1.68. The molecule has 1 aliphatic heterocycles. The lowest BCUT2D eigenvalue weighted by Gasteiger charge is -2.33. The molecule has 5 nitrogen and oxygen atoms in total. The molecule has 1 aliphatic rings. The lowest BCUT2D eigenvalue weighted by molar-refractivity contribution is -0.334. The summed E-state index contributed by atoms with van der Waals surface area (Å²) in [5.74, 6) is -0.281. The van der Waals surface area contributed by atoms with Crippen LogP contribution in [0.4, 0.5) is 31.1 Å². The summed E-state index contributed by atoms with van der Waals surface area (Å²) in [6.45, 7) is -0.518. The molecule has 0 unspecified atom stereocenters. The molecule has 11 heteroatoms. The Morgan fingerprint density at radius 2 is 1.57 bits per heavy atom. The highest BCUT2D eigenvalue weighted by atomic mass is 19.4. The average molecular weight is 349 g/mol. The van der Waals surface area contributed by atoms with Crippen LogP contribution < -0.4 is 10.6 Å². The van der Waals surface area contributed by atoms with Crippen LogP contribution in [0.2, 0.25) is 0 Å². The van der Waals surface area contributed by atoms with Crippen molar-refractivity contribution in [2.45, 2.75) is 32.1 Å². The van der Waals surface area contributed by atoms with E-state index >= 15 is 0 Å². The minimum atomic E-state index is -5.48. The standard InChI is InChI=1S/C12H17F6N3O2/c1-8(22)19-4-2-5-20-9(23)21-6-3-10(7-21,11(13,14)15)12(16,17)18/h2-7H2,1H3,(H,19,22)(H,20,23). The van der Waals surface area contributed by atoms with Crippen molar-refractivity contribution >= 4 is 11.9 Å². The quantitative estimate of drug-likeness (QED) is 0.603. The van der Waals surface area contributed by atoms with Crippen molar-refractivity contribution in [1.82, 2.24) is 15.5 Å². The van der Waals surface area contributed by atoms with Gasteiger partial charge in [0.15, 0.2) is 5.41 Å². The van der Waals surface area contributed by atoms with Gasteiger partial charge in [-0.25, -0.2) is 4.79 Å². The summed E-state index contributed by atoms with van der Waals surface area (Å²) in [6, 6.07) is -0.983. The van der Waals surface area contributed by atoms with Crippen molar-refractivity contribution in [3.8, 4) is 0 Å². The maximum atomic E-state index is 12.9. The number of halogens is 6. The van der Waals surface area contributed by atoms with E-state index in [1.54, 1.807) is 0 Å². The third-order valence-corrected chi connectivity index (χ3v) is 3.65. The minimum Gasteiger partial charge on any atom is -0.356 e. The van der Waals surface area contributed by atoms with Gasteiger partial charge in [0.25, 0.3) is 0 Å². The second-order valence-electron chi connectivity index (χ2n) is 5.32. The number of hydrogen-bond acceptors (Lipinski definition) is 2. The zero-order valence-corrected chi connectivity index (χ0v) is 12.3. The number of nitrogens with zero attached hydrogens (tertiary/aromatic N) is 1. The molecule has 1 fully saturated rings. The summed E-state index contributed by atoms with van der Waals surface area (Å²) in [5, 5.41) is 4.68. The van der Waals surface area contributed by atoms with Gasteiger partial charge in [-0.2, -0.15) is 26.3 Å². The molecule has 1 rings (SSSR count). The van der Waals surface area contributed by atoms with Gasteiger partial charge in [-0.15, -0.1) is 0 Å². The number of urea groups is 1. The minimum absolute atomic E-state index is 0.0284. The molecule has 0 spiro atoms. The fraction of sp³-hybridized carbons (Fsp3) is 0.833. The normalized spacial score (nSPS) is 18.0. The first-order valence-electron chi connectivity index (χ1n) is 6.81. The Kier molecular flexibility index (Phi) is 5.75. The average Bonchev–Trinajstić information content (AvgIpc) is 2.83. The predicted octanol–water partition coefficient (Wildman–Crippen LogP) is 2.04. The zero-order valence-electron chi connectivity index (χ0n) is 12.3. The van der Waals surface area contributed by atoms with E-state index in [0.29, 0.717) is 11.3 Å². The van der Waals surface area contributed by atoms with Crippen molar-refractivity contribution in [1.29, 1.82) is 0 Å². The third-order valence-electron chi connectivity index (χ3n) is 3.65. The highest BCUT2D eigenvalue weighted by Gasteiger charge is 2.72. The largest absolute Gasteiger partial charge is 0.404 e. The van der Waals surface area contributed by atoms with Crippen LogP contribution in [0.25, 0.3) is 0 Å². The third kappa shape index (κ3) is 4.41. The Morgan fingerprint density at radius 3 is 2.00 bits per heavy atom. The lowest BCUT2D eigenvalue weighted by atomic mass is 9.85. The summed E-state index contributed by atoms with van der Waals surface area (Å²) in [7, 11) is 0. The van der Waals surface area contributed by atoms with Gasteiger partial charge in [0.2, 0.25) is 5.91 Å². The number of carbonyl (C=O) groups is 2. The molecule has 0 aromatic heterocycles. The Morgan fingerprint density at radius 1 is 1.04 bits per heavy atom. The van der Waals surface area contributed by atoms with E-state index in [4.69, 9.17) is 0 Å². The van der Waals surface area contributed by atoms with Crippen LogP contribution in [0, 0.1) is 5.41 Å². The Bertz CT molecular complexity index is 435. The van der Waals surface area contributed by atoms with Gasteiger partial charge in [-0.1, -0.05) is 0 Å². The van der Waals surface area contributed by atoms with E-state index in [1.165, 1.54) is 6.92 Å². The fourth-order valence-electron chi connectivity index (χ4n) is 2.27. The predicted molar refractivity (Wildman–Crippen MR) is 67.4 cm³/mol. The van der Waals surface area contributed by atoms with Crippen LogP contribution in [0.3, 0.4) is 0 Å². The SMILES string of the molecule is CC(=O)NCCCNC(=O)N1CCC(C(F)(F)F)(C(F)(F)F)C1. The van der Waals surface area contributed by atoms with Gasteiger partial charge < -0.3 is 15.5 Å². The first-order valence-corrected chi connectivity index (χ1v) is 6.81. The second kappa shape index (κ2) is 6.83. The monoisotopic (exact) mass is 349 g/mol. The molecular weight excluding hydrogens is 332 g/mol. The van der Waals surface area contributed by atoms with Gasteiger partial charge in [0, 0.05) is 33.1 Å². The summed E-state index contributed by atoms with van der Waals surface area (Å²) in [5.41, 5.74) is -3.88. The van der Waals surface area contributed by atoms with E-state index in [1.807, 2.05) is 0 Å². The van der Waals surface area contributed by atoms with Gasteiger partial charge >= 0.3 is 18.4 Å². The molecule has 2 N–H and O–H groups in total. The molecule has 0 aromatic carbocycles. The van der Waals surface area contributed by atoms with E-state index in [0.717, 1.165) is 0 Å². The van der Waals surface area contributed by atoms with E-state index in [-0.39, 0.29) is 19.0 Å². The smallest absolute Gasteiger partial charge is 0.356 e. The number of rotatable bonds is 4. The van der Waals surface area contributed by atoms with Crippen LogP contribution in [-0.2, 0) is 4.79 Å². The molecule has 134 valence electrons. The molecule has 23 heavy (non-hydrogen) atoms. The topological polar surface area (TPSA) is 61.4 Å². The summed E-state index contributed by atoms with van der Waals surface area (Å²) in [4.78, 5) is 22.8. The maximum absolute atomic E-state index is 12.9. The number of hydrogen-bond donors (Lipinski definition) is 2. The summed E-state index contributed by atoms with van der Waals surface area (Å²) < 4.78 is 77.1. The van der Waals surface area contributed by atoms with Crippen LogP contribution in [-0.4, -0.2) is 55.4 Å². The van der Waals surface area contributed by atoms with E-state index < -0.39 is 43.3 Å². The second-order valence-corrected chi connectivity index (χ2v) is 5.32. The first-order chi connectivity index (χ1) is 10.4. The van der Waals surface area contributed by atoms with Gasteiger partial charge in [-0.3, -0.25) is 4.79 Å². The number of amides is 3. The Balaban J connectivity index is 2.58. The van der Waals surface area contributed by atoms with Crippen LogP contribution >= 0.6 is 0 Å². The highest BCUT2D eigenvalue weighted by molar-refractivity contribution is 5.74. The van der Waals surface area contributed by atoms with Crippen LogP contribution in [0.1, 0.15) is 19.8 Å². The van der Waals surface area contributed by atoms with Crippen molar-refractivity contribution in [3.63, 3.8) is 0 Å². The van der Waals surface area contributed by atoms with Crippen LogP contribution in [0.15, 0.2) is 0 Å². The lowest BCUT2D eigenvalue weighted by Crippen LogP contribution is -2.53. The molecule has 0 aliphatic carbocycles. The number of alkyl halides is 6. The molecule has 0 atom stereocenters. The van der Waals surface area contributed by atoms with E-state index in [9.17, 15) is 35.9 Å². The first kappa shape index (κ1) is 19.4. The molecule has 0 bridgehead atoms. The van der Waals surface area contributed by atoms with Crippen LogP contribution in [0.5, 0.6) is 0 Å². The number of likely N-dealkylation sites (tertiary alicyclic amines) is 1. The number of nitrogens with one attached hydrogen (secondary N) is 2. The highest BCUT2D eigenvalue weighted by Crippen LogP contribution is 2.55. The van der Waals surface area contributed by atoms with Crippen molar-refractivity contribution in [2.24, 2.45) is 5.41 Å².